The summed E-state index contributed by atoms with van der Waals surface area (Å²) in [6.07, 6.45) is 0. The molecule has 0 saturated carbocycles. The fourth-order valence-electron chi connectivity index (χ4n) is 2.77. The van der Waals surface area contributed by atoms with E-state index in [0.29, 0.717) is 17.3 Å². The predicted octanol–water partition coefficient (Wildman–Crippen LogP) is 3.22. The van der Waals surface area contributed by atoms with Crippen molar-refractivity contribution in [3.63, 3.8) is 0 Å². The van der Waals surface area contributed by atoms with Gasteiger partial charge in [0.25, 0.3) is 5.91 Å². The van der Waals surface area contributed by atoms with E-state index in [9.17, 15) is 4.79 Å². The van der Waals surface area contributed by atoms with Crippen LogP contribution < -0.4 is 10.1 Å². The standard InChI is InChI=1S/C19H17N5O2/c1-24-17-6-4-3-5-14(17)20-19(24)21-18(25)16-11-15(22-23-16)12-7-9-13(26-2)10-8-12/h3-11H,1-2H3,(H,22,23)(H,20,21,25). The van der Waals surface area contributed by atoms with Crippen LogP contribution in [0.25, 0.3) is 22.3 Å². The summed E-state index contributed by atoms with van der Waals surface area (Å²) in [5.41, 5.74) is 3.72. The molecule has 0 unspecified atom stereocenters. The fourth-order valence-corrected chi connectivity index (χ4v) is 2.77. The van der Waals surface area contributed by atoms with Crippen molar-refractivity contribution >= 4 is 22.9 Å². The number of nitrogens with one attached hydrogen (secondary N) is 2. The lowest BCUT2D eigenvalue weighted by molar-refractivity contribution is 0.102. The maximum atomic E-state index is 12.5. The van der Waals surface area contributed by atoms with Crippen molar-refractivity contribution in [3.05, 3.63) is 60.3 Å². The van der Waals surface area contributed by atoms with Gasteiger partial charge in [0.2, 0.25) is 5.95 Å². The zero-order valence-corrected chi connectivity index (χ0v) is 14.4. The number of aromatic nitrogens is 4. The van der Waals surface area contributed by atoms with E-state index in [2.05, 4.69) is 20.5 Å². The maximum absolute atomic E-state index is 12.5. The Kier molecular flexibility index (Phi) is 3.89. The summed E-state index contributed by atoms with van der Waals surface area (Å²) >= 11 is 0. The minimum Gasteiger partial charge on any atom is -0.497 e. The smallest absolute Gasteiger partial charge is 0.275 e. The molecule has 0 bridgehead atoms. The molecule has 0 atom stereocenters. The predicted molar refractivity (Wildman–Crippen MR) is 99.2 cm³/mol. The molecule has 7 heteroatoms. The molecule has 0 aliphatic carbocycles. The van der Waals surface area contributed by atoms with Gasteiger partial charge in [-0.2, -0.15) is 5.10 Å². The van der Waals surface area contributed by atoms with Gasteiger partial charge in [-0.05, 0) is 42.5 Å². The molecule has 4 rings (SSSR count). The van der Waals surface area contributed by atoms with Crippen molar-refractivity contribution < 1.29 is 9.53 Å². The van der Waals surface area contributed by atoms with Gasteiger partial charge in [-0.25, -0.2) is 4.98 Å². The molecular formula is C19H17N5O2. The number of methoxy groups -OCH3 is 1. The van der Waals surface area contributed by atoms with E-state index in [-0.39, 0.29) is 5.91 Å². The van der Waals surface area contributed by atoms with Crippen LogP contribution in [0.1, 0.15) is 10.5 Å². The topological polar surface area (TPSA) is 84.8 Å². The Bertz CT molecular complexity index is 1080. The van der Waals surface area contributed by atoms with Crippen LogP contribution in [0.5, 0.6) is 5.75 Å². The first kappa shape index (κ1) is 15.9. The molecule has 0 radical (unpaired) electrons. The molecule has 2 heterocycles. The number of H-pyrrole nitrogens is 1. The van der Waals surface area contributed by atoms with Gasteiger partial charge in [-0.1, -0.05) is 12.1 Å². The van der Waals surface area contributed by atoms with Gasteiger partial charge in [-0.15, -0.1) is 0 Å². The summed E-state index contributed by atoms with van der Waals surface area (Å²) < 4.78 is 6.99. The number of hydrogen-bond acceptors (Lipinski definition) is 4. The van der Waals surface area contributed by atoms with E-state index < -0.39 is 0 Å². The zero-order chi connectivity index (χ0) is 18.1. The minimum absolute atomic E-state index is 0.296. The molecule has 0 spiro atoms. The number of hydrogen-bond donors (Lipinski definition) is 2. The lowest BCUT2D eigenvalue weighted by atomic mass is 10.1. The second kappa shape index (κ2) is 6.36. The number of carbonyl (C=O) groups is 1. The molecule has 2 aromatic carbocycles. The van der Waals surface area contributed by atoms with Crippen LogP contribution in [0.2, 0.25) is 0 Å². The Balaban J connectivity index is 1.56. The third-order valence-electron chi connectivity index (χ3n) is 4.22. The molecular weight excluding hydrogens is 330 g/mol. The Hall–Kier alpha value is -3.61. The van der Waals surface area contributed by atoms with Crippen molar-refractivity contribution in [3.8, 4) is 17.0 Å². The number of carbonyl (C=O) groups excluding carboxylic acids is 1. The summed E-state index contributed by atoms with van der Waals surface area (Å²) in [4.78, 5) is 17.0. The van der Waals surface area contributed by atoms with Gasteiger partial charge in [0, 0.05) is 12.6 Å². The Morgan fingerprint density at radius 1 is 1.15 bits per heavy atom. The number of benzene rings is 2. The van der Waals surface area contributed by atoms with E-state index >= 15 is 0 Å². The highest BCUT2D eigenvalue weighted by Gasteiger charge is 2.15. The molecule has 2 N–H and O–H groups in total. The molecule has 0 aliphatic rings. The number of rotatable bonds is 4. The molecule has 2 aromatic heterocycles. The van der Waals surface area contributed by atoms with Crippen molar-refractivity contribution in [1.82, 2.24) is 19.7 Å². The number of amides is 1. The van der Waals surface area contributed by atoms with Crippen molar-refractivity contribution in [2.45, 2.75) is 0 Å². The SMILES string of the molecule is COc1ccc(-c2cc(C(=O)Nc3nc4ccccc4n3C)[nH]n2)cc1. The van der Waals surface area contributed by atoms with Crippen LogP contribution in [0, 0.1) is 0 Å². The molecule has 26 heavy (non-hydrogen) atoms. The second-order valence-electron chi connectivity index (χ2n) is 5.83. The molecule has 0 aliphatic heterocycles. The minimum atomic E-state index is -0.296. The van der Waals surface area contributed by atoms with E-state index in [1.807, 2.05) is 60.1 Å². The molecule has 0 fully saturated rings. The van der Waals surface area contributed by atoms with E-state index in [4.69, 9.17) is 4.74 Å². The van der Waals surface area contributed by atoms with Gasteiger partial charge >= 0.3 is 0 Å². The molecule has 130 valence electrons. The fraction of sp³-hybridized carbons (Fsp3) is 0.105. The van der Waals surface area contributed by atoms with E-state index in [1.165, 1.54) is 0 Å². The Labute approximate surface area is 149 Å². The lowest BCUT2D eigenvalue weighted by Crippen LogP contribution is -2.15. The van der Waals surface area contributed by atoms with Gasteiger partial charge in [0.1, 0.15) is 11.4 Å². The van der Waals surface area contributed by atoms with Crippen LogP contribution in [0.4, 0.5) is 5.95 Å². The first-order valence-electron chi connectivity index (χ1n) is 8.08. The van der Waals surface area contributed by atoms with Gasteiger partial charge in [0.15, 0.2) is 0 Å². The maximum Gasteiger partial charge on any atom is 0.275 e. The van der Waals surface area contributed by atoms with Crippen molar-refractivity contribution in [1.29, 1.82) is 0 Å². The molecule has 4 aromatic rings. The van der Waals surface area contributed by atoms with Crippen molar-refractivity contribution in [2.24, 2.45) is 7.05 Å². The number of nitrogens with zero attached hydrogens (tertiary/aromatic N) is 3. The van der Waals surface area contributed by atoms with Crippen LogP contribution in [0.3, 0.4) is 0 Å². The Morgan fingerprint density at radius 3 is 2.65 bits per heavy atom. The number of aryl methyl sites for hydroxylation is 1. The van der Waals surface area contributed by atoms with Gasteiger partial charge in [0.05, 0.1) is 23.8 Å². The van der Waals surface area contributed by atoms with Gasteiger partial charge in [-0.3, -0.25) is 15.2 Å². The highest BCUT2D eigenvalue weighted by molar-refractivity contribution is 6.03. The third kappa shape index (κ3) is 2.79. The quantitative estimate of drug-likeness (QED) is 0.593. The number of fused-ring (bicyclic) bond motifs is 1. The summed E-state index contributed by atoms with van der Waals surface area (Å²) in [6.45, 7) is 0. The molecule has 7 nitrogen and oxygen atoms in total. The highest BCUT2D eigenvalue weighted by atomic mass is 16.5. The van der Waals surface area contributed by atoms with Crippen LogP contribution >= 0.6 is 0 Å². The van der Waals surface area contributed by atoms with Gasteiger partial charge < -0.3 is 9.30 Å². The number of aromatic amines is 1. The number of ether oxygens (including phenoxy) is 1. The number of para-hydroxylation sites is 2. The largest absolute Gasteiger partial charge is 0.497 e. The Morgan fingerprint density at radius 2 is 1.92 bits per heavy atom. The monoisotopic (exact) mass is 347 g/mol. The van der Waals surface area contributed by atoms with E-state index in [0.717, 1.165) is 22.3 Å². The second-order valence-corrected chi connectivity index (χ2v) is 5.83. The highest BCUT2D eigenvalue weighted by Crippen LogP contribution is 2.22. The zero-order valence-electron chi connectivity index (χ0n) is 14.4. The van der Waals surface area contributed by atoms with E-state index in [1.54, 1.807) is 13.2 Å². The van der Waals surface area contributed by atoms with Crippen LogP contribution in [-0.4, -0.2) is 32.8 Å². The third-order valence-corrected chi connectivity index (χ3v) is 4.22. The van der Waals surface area contributed by atoms with Crippen molar-refractivity contribution in [2.75, 3.05) is 12.4 Å². The summed E-state index contributed by atoms with van der Waals surface area (Å²) in [6, 6.07) is 16.9. The van der Waals surface area contributed by atoms with Crippen LogP contribution in [0.15, 0.2) is 54.6 Å². The summed E-state index contributed by atoms with van der Waals surface area (Å²) in [7, 11) is 3.48. The first-order valence-corrected chi connectivity index (χ1v) is 8.08. The first-order chi connectivity index (χ1) is 12.7. The summed E-state index contributed by atoms with van der Waals surface area (Å²) in [5.74, 6) is 0.955. The number of imidazole rings is 1. The van der Waals surface area contributed by atoms with Crippen LogP contribution in [-0.2, 0) is 7.05 Å². The molecule has 0 saturated heterocycles. The number of anilines is 1. The average molecular weight is 347 g/mol. The lowest BCUT2D eigenvalue weighted by Gasteiger charge is -2.03. The normalized spacial score (nSPS) is 10.8. The summed E-state index contributed by atoms with van der Waals surface area (Å²) in [5, 5.41) is 9.81. The molecule has 1 amide bonds. The average Bonchev–Trinajstić information content (AvgIpc) is 3.28.